The zero-order valence-corrected chi connectivity index (χ0v) is 12.9. The Bertz CT molecular complexity index is 785. The Hall–Kier alpha value is -2.28. The number of aliphatic imine (C=N–C) groups is 1. The van der Waals surface area contributed by atoms with Gasteiger partial charge in [-0.15, -0.1) is 0 Å². The number of hydrogen-bond acceptors (Lipinski definition) is 3. The van der Waals surface area contributed by atoms with E-state index in [0.29, 0.717) is 27.6 Å². The van der Waals surface area contributed by atoms with Gasteiger partial charge in [0.2, 0.25) is 0 Å². The van der Waals surface area contributed by atoms with Gasteiger partial charge >= 0.3 is 6.18 Å². The molecule has 0 fully saturated rings. The number of benzene rings is 1. The van der Waals surface area contributed by atoms with Gasteiger partial charge in [0.15, 0.2) is 0 Å². The standard InChI is InChI=1S/C16H12F3N3S/c1-9-15(23)22-12-6-5-10(16(17,18)19)8-11(12)14(21-9)13-4-2-3-7-20-13/h2-9H,1H3,(H,22,23). The lowest BCUT2D eigenvalue weighted by molar-refractivity contribution is -0.137. The van der Waals surface area contributed by atoms with Gasteiger partial charge in [-0.05, 0) is 37.3 Å². The number of hydrogen-bond donors (Lipinski definition) is 1. The summed E-state index contributed by atoms with van der Waals surface area (Å²) in [6.45, 7) is 1.79. The number of rotatable bonds is 1. The quantitative estimate of drug-likeness (QED) is 0.798. The van der Waals surface area contributed by atoms with Gasteiger partial charge < -0.3 is 5.32 Å². The number of anilines is 1. The van der Waals surface area contributed by atoms with Crippen molar-refractivity contribution in [2.24, 2.45) is 4.99 Å². The van der Waals surface area contributed by atoms with Gasteiger partial charge in [0.25, 0.3) is 0 Å². The summed E-state index contributed by atoms with van der Waals surface area (Å²) in [6.07, 6.45) is -2.85. The topological polar surface area (TPSA) is 37.3 Å². The Morgan fingerprint density at radius 2 is 1.96 bits per heavy atom. The normalized spacial score (nSPS) is 17.8. The summed E-state index contributed by atoms with van der Waals surface area (Å²) >= 11 is 5.24. The van der Waals surface area contributed by atoms with E-state index < -0.39 is 11.7 Å². The molecule has 3 nitrogen and oxygen atoms in total. The van der Waals surface area contributed by atoms with E-state index in [9.17, 15) is 13.2 Å². The highest BCUT2D eigenvalue weighted by Crippen LogP contribution is 2.33. The van der Waals surface area contributed by atoms with Gasteiger partial charge in [0.1, 0.15) is 4.99 Å². The van der Waals surface area contributed by atoms with Crippen molar-refractivity contribution in [3.63, 3.8) is 0 Å². The van der Waals surface area contributed by atoms with Gasteiger partial charge in [0, 0.05) is 17.4 Å². The average molecular weight is 335 g/mol. The molecular weight excluding hydrogens is 323 g/mol. The van der Waals surface area contributed by atoms with Crippen LogP contribution in [0.1, 0.15) is 23.7 Å². The molecule has 3 rings (SSSR count). The first kappa shape index (κ1) is 15.6. The Morgan fingerprint density at radius 1 is 1.17 bits per heavy atom. The average Bonchev–Trinajstić information content (AvgIpc) is 2.64. The van der Waals surface area contributed by atoms with Crippen molar-refractivity contribution < 1.29 is 13.2 Å². The summed E-state index contributed by atoms with van der Waals surface area (Å²) in [5.41, 5.74) is 1.00. The molecule has 1 N–H and O–H groups in total. The molecular formula is C16H12F3N3S. The Balaban J connectivity index is 2.23. The first-order valence-electron chi connectivity index (χ1n) is 6.88. The zero-order valence-electron chi connectivity index (χ0n) is 12.1. The van der Waals surface area contributed by atoms with E-state index in [4.69, 9.17) is 12.2 Å². The van der Waals surface area contributed by atoms with Crippen LogP contribution in [0.15, 0.2) is 47.6 Å². The lowest BCUT2D eigenvalue weighted by Crippen LogP contribution is -2.20. The van der Waals surface area contributed by atoms with Gasteiger partial charge in [-0.1, -0.05) is 18.3 Å². The van der Waals surface area contributed by atoms with E-state index in [-0.39, 0.29) is 6.04 Å². The van der Waals surface area contributed by atoms with Crippen LogP contribution < -0.4 is 5.32 Å². The van der Waals surface area contributed by atoms with Crippen molar-refractivity contribution in [1.82, 2.24) is 4.98 Å². The highest BCUT2D eigenvalue weighted by atomic mass is 32.1. The molecule has 1 atom stereocenters. The first-order chi connectivity index (χ1) is 10.9. The van der Waals surface area contributed by atoms with Gasteiger partial charge in [-0.2, -0.15) is 13.2 Å². The van der Waals surface area contributed by atoms with Crippen LogP contribution in [-0.4, -0.2) is 21.7 Å². The fourth-order valence-corrected chi connectivity index (χ4v) is 2.45. The van der Waals surface area contributed by atoms with Crippen molar-refractivity contribution in [2.75, 3.05) is 5.32 Å². The summed E-state index contributed by atoms with van der Waals surface area (Å²) in [6, 6.07) is 8.34. The molecule has 23 heavy (non-hydrogen) atoms. The molecule has 118 valence electrons. The zero-order chi connectivity index (χ0) is 16.6. The number of thiocarbonyl (C=S) groups is 1. The first-order valence-corrected chi connectivity index (χ1v) is 7.29. The lowest BCUT2D eigenvalue weighted by Gasteiger charge is -2.13. The molecule has 2 heterocycles. The molecule has 1 aliphatic rings. The van der Waals surface area contributed by atoms with Crippen LogP contribution >= 0.6 is 12.2 Å². The summed E-state index contributed by atoms with van der Waals surface area (Å²) in [7, 11) is 0. The highest BCUT2D eigenvalue weighted by Gasteiger charge is 2.32. The molecule has 1 aromatic carbocycles. The molecule has 0 amide bonds. The molecule has 0 spiro atoms. The Morgan fingerprint density at radius 3 is 2.61 bits per heavy atom. The Kier molecular flexibility index (Phi) is 3.89. The molecule has 7 heteroatoms. The number of fused-ring (bicyclic) bond motifs is 1. The van der Waals surface area contributed by atoms with Crippen LogP contribution in [0.4, 0.5) is 18.9 Å². The number of aromatic nitrogens is 1. The molecule has 1 aliphatic heterocycles. The molecule has 0 saturated heterocycles. The maximum absolute atomic E-state index is 13.0. The van der Waals surface area contributed by atoms with Crippen LogP contribution in [0.3, 0.4) is 0 Å². The van der Waals surface area contributed by atoms with Gasteiger partial charge in [-0.25, -0.2) is 0 Å². The summed E-state index contributed by atoms with van der Waals surface area (Å²) in [5.74, 6) is 0. The van der Waals surface area contributed by atoms with E-state index in [1.54, 1.807) is 31.3 Å². The predicted octanol–water partition coefficient (Wildman–Crippen LogP) is 4.08. The molecule has 1 unspecified atom stereocenters. The number of nitrogens with zero attached hydrogens (tertiary/aromatic N) is 2. The smallest absolute Gasteiger partial charge is 0.348 e. The van der Waals surface area contributed by atoms with E-state index in [1.807, 2.05) is 0 Å². The van der Waals surface area contributed by atoms with Crippen molar-refractivity contribution in [3.8, 4) is 0 Å². The number of nitrogens with one attached hydrogen (secondary N) is 1. The van der Waals surface area contributed by atoms with Crippen LogP contribution in [0, 0.1) is 0 Å². The van der Waals surface area contributed by atoms with Crippen molar-refractivity contribution in [3.05, 3.63) is 59.4 Å². The number of halogens is 3. The third-order valence-corrected chi connectivity index (χ3v) is 3.91. The summed E-state index contributed by atoms with van der Waals surface area (Å²) in [5, 5.41) is 2.97. The predicted molar refractivity (Wildman–Crippen MR) is 87.0 cm³/mol. The number of pyridine rings is 1. The van der Waals surface area contributed by atoms with Crippen LogP contribution in [-0.2, 0) is 6.18 Å². The lowest BCUT2D eigenvalue weighted by atomic mass is 10.0. The van der Waals surface area contributed by atoms with Crippen molar-refractivity contribution >= 4 is 28.6 Å². The van der Waals surface area contributed by atoms with E-state index in [0.717, 1.165) is 12.1 Å². The highest BCUT2D eigenvalue weighted by molar-refractivity contribution is 7.80. The molecule has 1 aromatic heterocycles. The maximum Gasteiger partial charge on any atom is 0.416 e. The second-order valence-corrected chi connectivity index (χ2v) is 5.56. The molecule has 2 aromatic rings. The van der Waals surface area contributed by atoms with E-state index in [1.165, 1.54) is 6.07 Å². The van der Waals surface area contributed by atoms with E-state index >= 15 is 0 Å². The minimum Gasteiger partial charge on any atom is -0.348 e. The van der Waals surface area contributed by atoms with Crippen LogP contribution in [0.5, 0.6) is 0 Å². The monoisotopic (exact) mass is 335 g/mol. The minimum atomic E-state index is -4.43. The second-order valence-electron chi connectivity index (χ2n) is 5.12. The molecule has 0 bridgehead atoms. The maximum atomic E-state index is 13.0. The summed E-state index contributed by atoms with van der Waals surface area (Å²) in [4.78, 5) is 9.14. The third-order valence-electron chi connectivity index (χ3n) is 3.47. The number of alkyl halides is 3. The van der Waals surface area contributed by atoms with Crippen LogP contribution in [0.2, 0.25) is 0 Å². The van der Waals surface area contributed by atoms with Gasteiger partial charge in [0.05, 0.1) is 23.0 Å². The van der Waals surface area contributed by atoms with Crippen molar-refractivity contribution in [1.29, 1.82) is 0 Å². The second kappa shape index (κ2) is 5.73. The van der Waals surface area contributed by atoms with E-state index in [2.05, 4.69) is 15.3 Å². The minimum absolute atomic E-state index is 0.338. The Labute approximate surface area is 136 Å². The number of benzodiazepines with no additional fused rings is 1. The van der Waals surface area contributed by atoms with Gasteiger partial charge in [-0.3, -0.25) is 9.98 Å². The fourth-order valence-electron chi connectivity index (χ4n) is 2.29. The van der Waals surface area contributed by atoms with Crippen LogP contribution in [0.25, 0.3) is 0 Å². The van der Waals surface area contributed by atoms with Crippen molar-refractivity contribution in [2.45, 2.75) is 19.1 Å². The largest absolute Gasteiger partial charge is 0.416 e. The fraction of sp³-hybridized carbons (Fsp3) is 0.188. The summed E-state index contributed by atoms with van der Waals surface area (Å²) < 4.78 is 39.1. The SMILES string of the molecule is CC1N=C(c2ccccn2)c2cc(C(F)(F)F)ccc2NC1=S. The molecule has 0 aliphatic carbocycles. The molecule has 0 saturated carbocycles. The molecule has 0 radical (unpaired) electrons. The third kappa shape index (κ3) is 3.10.